The first-order valence-corrected chi connectivity index (χ1v) is 4.29. The molecule has 0 saturated carbocycles. The molecule has 0 fully saturated rings. The highest BCUT2D eigenvalue weighted by Gasteiger charge is 2.02. The molecule has 0 saturated heterocycles. The van der Waals surface area contributed by atoms with Gasteiger partial charge in [0.2, 0.25) is 0 Å². The molecule has 0 aromatic heterocycles. The van der Waals surface area contributed by atoms with Crippen molar-refractivity contribution >= 4 is 11.8 Å². The van der Waals surface area contributed by atoms with Crippen LogP contribution in [-0.2, 0) is 0 Å². The highest BCUT2D eigenvalue weighted by Crippen LogP contribution is 2.09. The monoisotopic (exact) mass is 158 g/mol. The number of thioether (sulfide) groups is 1. The van der Waals surface area contributed by atoms with Crippen LogP contribution in [0, 0.1) is 12.3 Å². The van der Waals surface area contributed by atoms with Crippen molar-refractivity contribution in [2.45, 2.75) is 25.1 Å². The third-order valence-corrected chi connectivity index (χ3v) is 2.19. The minimum atomic E-state index is 0.00685. The van der Waals surface area contributed by atoms with Crippen molar-refractivity contribution in [3.8, 4) is 12.3 Å². The lowest BCUT2D eigenvalue weighted by molar-refractivity contribution is 0.693. The molecule has 0 aliphatic rings. The van der Waals surface area contributed by atoms with Gasteiger partial charge in [-0.15, -0.1) is 6.42 Å². The van der Waals surface area contributed by atoms with E-state index in [4.69, 9.17) is 12.3 Å². The average molecular weight is 158 g/mol. The van der Waals surface area contributed by atoms with Crippen LogP contribution in [-0.4, -0.2) is 17.0 Å². The Kier molecular flexibility index (Phi) is 5.51. The van der Waals surface area contributed by atoms with Gasteiger partial charge in [0.1, 0.15) is 0 Å². The number of nitrogens with two attached hydrogens (primary N) is 1. The number of hydrogen-bond donors (Lipinski definition) is 2. The Morgan fingerprint density at radius 3 is 2.60 bits per heavy atom. The summed E-state index contributed by atoms with van der Waals surface area (Å²) < 4.78 is 0. The molecular weight excluding hydrogens is 144 g/mol. The van der Waals surface area contributed by atoms with Crippen LogP contribution in [0.5, 0.6) is 0 Å². The standard InChI is InChI=1S/C7H14N2S/c1-4-7(9-8)5-10-6(2)3/h1,6-7,9H,5,8H2,2-3H3. The van der Waals surface area contributed by atoms with Crippen LogP contribution in [0.15, 0.2) is 0 Å². The minimum Gasteiger partial charge on any atom is -0.270 e. The van der Waals surface area contributed by atoms with Gasteiger partial charge < -0.3 is 0 Å². The Morgan fingerprint density at radius 2 is 2.30 bits per heavy atom. The molecule has 0 bridgehead atoms. The van der Waals surface area contributed by atoms with Crippen LogP contribution >= 0.6 is 11.8 Å². The topological polar surface area (TPSA) is 38.0 Å². The molecule has 3 N–H and O–H groups in total. The van der Waals surface area contributed by atoms with Gasteiger partial charge in [-0.3, -0.25) is 5.84 Å². The maximum Gasteiger partial charge on any atom is 0.0905 e. The third-order valence-electron chi connectivity index (χ3n) is 0.999. The van der Waals surface area contributed by atoms with Gasteiger partial charge in [-0.25, -0.2) is 5.43 Å². The molecule has 0 aromatic rings. The zero-order valence-corrected chi connectivity index (χ0v) is 7.24. The molecule has 0 aromatic carbocycles. The van der Waals surface area contributed by atoms with Crippen molar-refractivity contribution in [3.63, 3.8) is 0 Å². The summed E-state index contributed by atoms with van der Waals surface area (Å²) in [7, 11) is 0. The Balaban J connectivity index is 3.38. The van der Waals surface area contributed by atoms with E-state index in [0.717, 1.165) is 5.75 Å². The molecule has 0 amide bonds. The summed E-state index contributed by atoms with van der Waals surface area (Å²) in [5.41, 5.74) is 2.55. The van der Waals surface area contributed by atoms with Gasteiger partial charge in [0, 0.05) is 5.75 Å². The molecule has 2 nitrogen and oxygen atoms in total. The van der Waals surface area contributed by atoms with Gasteiger partial charge in [0.05, 0.1) is 6.04 Å². The highest BCUT2D eigenvalue weighted by molar-refractivity contribution is 7.99. The van der Waals surface area contributed by atoms with Gasteiger partial charge in [0.25, 0.3) is 0 Å². The zero-order valence-electron chi connectivity index (χ0n) is 6.42. The van der Waals surface area contributed by atoms with Crippen LogP contribution in [0.4, 0.5) is 0 Å². The Bertz CT molecular complexity index is 117. The van der Waals surface area contributed by atoms with E-state index in [1.165, 1.54) is 0 Å². The summed E-state index contributed by atoms with van der Waals surface area (Å²) in [6.07, 6.45) is 5.16. The molecule has 0 rings (SSSR count). The van der Waals surface area contributed by atoms with Gasteiger partial charge in [-0.2, -0.15) is 11.8 Å². The minimum absolute atomic E-state index is 0.00685. The van der Waals surface area contributed by atoms with E-state index in [1.54, 1.807) is 11.8 Å². The predicted octanol–water partition coefficient (Wildman–Crippen LogP) is 0.593. The summed E-state index contributed by atoms with van der Waals surface area (Å²) in [4.78, 5) is 0. The summed E-state index contributed by atoms with van der Waals surface area (Å²) >= 11 is 1.80. The second-order valence-corrected chi connectivity index (χ2v) is 3.88. The van der Waals surface area contributed by atoms with E-state index in [9.17, 15) is 0 Å². The van der Waals surface area contributed by atoms with E-state index in [2.05, 4.69) is 25.2 Å². The van der Waals surface area contributed by atoms with Crippen LogP contribution < -0.4 is 11.3 Å². The third kappa shape index (κ3) is 4.68. The normalized spacial score (nSPS) is 13.1. The van der Waals surface area contributed by atoms with Crippen molar-refractivity contribution in [3.05, 3.63) is 0 Å². The second kappa shape index (κ2) is 5.60. The maximum atomic E-state index is 5.16. The predicted molar refractivity (Wildman–Crippen MR) is 47.5 cm³/mol. The molecule has 0 spiro atoms. The lowest BCUT2D eigenvalue weighted by Gasteiger charge is -2.09. The first-order valence-electron chi connectivity index (χ1n) is 3.24. The highest BCUT2D eigenvalue weighted by atomic mass is 32.2. The van der Waals surface area contributed by atoms with Crippen LogP contribution in [0.3, 0.4) is 0 Å². The smallest absolute Gasteiger partial charge is 0.0905 e. The van der Waals surface area contributed by atoms with Crippen LogP contribution in [0.2, 0.25) is 0 Å². The first kappa shape index (κ1) is 9.83. The summed E-state index contributed by atoms with van der Waals surface area (Å²) in [6, 6.07) is 0.00685. The maximum absolute atomic E-state index is 5.16. The number of rotatable bonds is 4. The van der Waals surface area contributed by atoms with Crippen molar-refractivity contribution in [2.24, 2.45) is 5.84 Å². The lowest BCUT2D eigenvalue weighted by Crippen LogP contribution is -2.35. The quantitative estimate of drug-likeness (QED) is 0.357. The van der Waals surface area contributed by atoms with Crippen molar-refractivity contribution < 1.29 is 0 Å². The molecule has 1 atom stereocenters. The van der Waals surface area contributed by atoms with E-state index in [0.29, 0.717) is 5.25 Å². The fourth-order valence-corrected chi connectivity index (χ4v) is 1.20. The zero-order chi connectivity index (χ0) is 7.98. The number of hydrazine groups is 1. The molecule has 0 heterocycles. The fourth-order valence-electron chi connectivity index (χ4n) is 0.433. The van der Waals surface area contributed by atoms with Crippen LogP contribution in [0.1, 0.15) is 13.8 Å². The average Bonchev–Trinajstić information content (AvgIpc) is 1.90. The molecule has 10 heavy (non-hydrogen) atoms. The second-order valence-electron chi connectivity index (χ2n) is 2.27. The largest absolute Gasteiger partial charge is 0.270 e. The number of nitrogens with one attached hydrogen (secondary N) is 1. The Hall–Kier alpha value is -0.170. The molecular formula is C7H14N2S. The summed E-state index contributed by atoms with van der Waals surface area (Å²) in [5.74, 6) is 8.59. The van der Waals surface area contributed by atoms with Crippen molar-refractivity contribution in [1.82, 2.24) is 5.43 Å². The van der Waals surface area contributed by atoms with Crippen molar-refractivity contribution in [2.75, 3.05) is 5.75 Å². The van der Waals surface area contributed by atoms with Gasteiger partial charge >= 0.3 is 0 Å². The van der Waals surface area contributed by atoms with E-state index in [-0.39, 0.29) is 6.04 Å². The SMILES string of the molecule is C#CC(CSC(C)C)NN. The number of terminal acetylenes is 1. The van der Waals surface area contributed by atoms with Gasteiger partial charge in [-0.05, 0) is 5.25 Å². The Labute approximate surface area is 66.9 Å². The number of hydrogen-bond acceptors (Lipinski definition) is 3. The molecule has 0 aliphatic heterocycles. The van der Waals surface area contributed by atoms with Crippen LogP contribution in [0.25, 0.3) is 0 Å². The molecule has 0 radical (unpaired) electrons. The van der Waals surface area contributed by atoms with E-state index < -0.39 is 0 Å². The molecule has 3 heteroatoms. The Morgan fingerprint density at radius 1 is 1.70 bits per heavy atom. The van der Waals surface area contributed by atoms with E-state index >= 15 is 0 Å². The summed E-state index contributed by atoms with van der Waals surface area (Å²) in [6.45, 7) is 4.27. The summed E-state index contributed by atoms with van der Waals surface area (Å²) in [5, 5.41) is 0.615. The van der Waals surface area contributed by atoms with E-state index in [1.807, 2.05) is 0 Å². The first-order chi connectivity index (χ1) is 4.70. The lowest BCUT2D eigenvalue weighted by atomic mass is 10.4. The molecule has 1 unspecified atom stereocenters. The van der Waals surface area contributed by atoms with Gasteiger partial charge in [-0.1, -0.05) is 19.8 Å². The molecule has 58 valence electrons. The van der Waals surface area contributed by atoms with Gasteiger partial charge in [0.15, 0.2) is 0 Å². The fraction of sp³-hybridized carbons (Fsp3) is 0.714. The van der Waals surface area contributed by atoms with Crippen molar-refractivity contribution in [1.29, 1.82) is 0 Å². The molecule has 0 aliphatic carbocycles.